The van der Waals surface area contributed by atoms with Gasteiger partial charge in [-0.05, 0) is 48.3 Å². The lowest BCUT2D eigenvalue weighted by Crippen LogP contribution is -1.94. The highest BCUT2D eigenvalue weighted by molar-refractivity contribution is 7.99. The fraction of sp³-hybridized carbons (Fsp3) is 0.333. The fourth-order valence-corrected chi connectivity index (χ4v) is 3.41. The third kappa shape index (κ3) is 6.54. The zero-order valence-electron chi connectivity index (χ0n) is 13.8. The van der Waals surface area contributed by atoms with Crippen LogP contribution in [0.3, 0.4) is 0 Å². The van der Waals surface area contributed by atoms with Gasteiger partial charge >= 0.3 is 0 Å². The normalized spacial score (nSPS) is 10.6. The molecule has 6 nitrogen and oxygen atoms in total. The molecule has 0 aliphatic rings. The summed E-state index contributed by atoms with van der Waals surface area (Å²) in [5.74, 6) is 2.00. The lowest BCUT2D eigenvalue weighted by atomic mass is 10.1. The number of hydrogen-bond donors (Lipinski definition) is 0. The van der Waals surface area contributed by atoms with Gasteiger partial charge in [-0.15, -0.1) is 0 Å². The van der Waals surface area contributed by atoms with E-state index in [-0.39, 0.29) is 21.2 Å². The van der Waals surface area contributed by atoms with Crippen LogP contribution in [-0.4, -0.2) is 21.4 Å². The quantitative estimate of drug-likeness (QED) is 0.345. The lowest BCUT2D eigenvalue weighted by molar-refractivity contribution is -0.385. The Morgan fingerprint density at radius 3 is 1.60 bits per heavy atom. The summed E-state index contributed by atoms with van der Waals surface area (Å²) in [6.45, 7) is 0. The highest BCUT2D eigenvalue weighted by Crippen LogP contribution is 2.17. The zero-order valence-corrected chi connectivity index (χ0v) is 14.6. The summed E-state index contributed by atoms with van der Waals surface area (Å²) in [4.78, 5) is 20.7. The second-order valence-corrected chi connectivity index (χ2v) is 6.90. The maximum absolute atomic E-state index is 10.7. The van der Waals surface area contributed by atoms with Crippen LogP contribution in [0, 0.1) is 20.2 Å². The predicted molar refractivity (Wildman–Crippen MR) is 100 cm³/mol. The van der Waals surface area contributed by atoms with E-state index in [1.165, 1.54) is 12.1 Å². The van der Waals surface area contributed by atoms with Crippen LogP contribution in [-0.2, 0) is 12.8 Å². The zero-order chi connectivity index (χ0) is 18.1. The number of aryl methyl sites for hydroxylation is 2. The van der Waals surface area contributed by atoms with Crippen LogP contribution >= 0.6 is 11.8 Å². The first-order valence-electron chi connectivity index (χ1n) is 8.10. The Morgan fingerprint density at radius 2 is 1.20 bits per heavy atom. The Kier molecular flexibility index (Phi) is 7.40. The van der Waals surface area contributed by atoms with E-state index in [1.807, 2.05) is 23.9 Å². The first kappa shape index (κ1) is 18.9. The maximum Gasteiger partial charge on any atom is 0.269 e. The van der Waals surface area contributed by atoms with Crippen molar-refractivity contribution in [1.82, 2.24) is 0 Å². The Hall–Kier alpha value is -2.41. The summed E-state index contributed by atoms with van der Waals surface area (Å²) in [6.07, 6.45) is 3.62. The third-order valence-corrected chi connectivity index (χ3v) is 4.91. The third-order valence-electron chi connectivity index (χ3n) is 3.75. The van der Waals surface area contributed by atoms with E-state index < -0.39 is 0 Å². The molecule has 0 N–H and O–H groups in total. The number of non-ortho nitro benzene ring substituents is 2. The first-order valence-corrected chi connectivity index (χ1v) is 9.26. The SMILES string of the molecule is O=[N+]([O-])c1cccc(CCCSCCCc2cccc([N+](=O)[O-])c2)c1. The predicted octanol–water partition coefficient (Wildman–Crippen LogP) is 4.80. The van der Waals surface area contributed by atoms with Gasteiger partial charge in [0.25, 0.3) is 11.4 Å². The van der Waals surface area contributed by atoms with E-state index in [0.717, 1.165) is 48.3 Å². The molecule has 0 fully saturated rings. The van der Waals surface area contributed by atoms with Crippen molar-refractivity contribution in [3.63, 3.8) is 0 Å². The molecule has 0 spiro atoms. The first-order chi connectivity index (χ1) is 12.1. The van der Waals surface area contributed by atoms with Crippen molar-refractivity contribution in [3.05, 3.63) is 79.9 Å². The van der Waals surface area contributed by atoms with E-state index in [0.29, 0.717) is 0 Å². The number of benzene rings is 2. The Morgan fingerprint density at radius 1 is 0.760 bits per heavy atom. The lowest BCUT2D eigenvalue weighted by Gasteiger charge is -2.04. The Balaban J connectivity index is 1.62. The molecule has 2 aromatic carbocycles. The molecule has 7 heteroatoms. The molecule has 0 saturated heterocycles. The molecular weight excluding hydrogens is 340 g/mol. The van der Waals surface area contributed by atoms with Gasteiger partial charge in [0.1, 0.15) is 0 Å². The van der Waals surface area contributed by atoms with Gasteiger partial charge in [-0.2, -0.15) is 11.8 Å². The average molecular weight is 360 g/mol. The second-order valence-electron chi connectivity index (χ2n) is 5.67. The molecule has 0 unspecified atom stereocenters. The van der Waals surface area contributed by atoms with Gasteiger partial charge in [-0.25, -0.2) is 0 Å². The van der Waals surface area contributed by atoms with E-state index >= 15 is 0 Å². The van der Waals surface area contributed by atoms with Gasteiger partial charge in [0, 0.05) is 24.3 Å². The van der Waals surface area contributed by atoms with Crippen molar-refractivity contribution in [2.75, 3.05) is 11.5 Å². The molecule has 0 radical (unpaired) electrons. The Labute approximate surface area is 150 Å². The van der Waals surface area contributed by atoms with Gasteiger partial charge in [-0.3, -0.25) is 20.2 Å². The van der Waals surface area contributed by atoms with Crippen molar-refractivity contribution >= 4 is 23.1 Å². The molecule has 0 saturated carbocycles. The minimum absolute atomic E-state index is 0.141. The van der Waals surface area contributed by atoms with E-state index in [9.17, 15) is 20.2 Å². The molecule has 0 amide bonds. The molecule has 132 valence electrons. The summed E-state index contributed by atoms with van der Waals surface area (Å²) in [7, 11) is 0. The van der Waals surface area contributed by atoms with Gasteiger partial charge in [0.15, 0.2) is 0 Å². The number of rotatable bonds is 10. The molecule has 0 atom stereocenters. The van der Waals surface area contributed by atoms with Crippen molar-refractivity contribution in [3.8, 4) is 0 Å². The number of nitro groups is 2. The van der Waals surface area contributed by atoms with Crippen LogP contribution in [0.2, 0.25) is 0 Å². The minimum atomic E-state index is -0.369. The van der Waals surface area contributed by atoms with Crippen LogP contribution in [0.4, 0.5) is 11.4 Å². The summed E-state index contributed by atoms with van der Waals surface area (Å²) in [5, 5.41) is 21.5. The molecule has 2 aromatic rings. The monoisotopic (exact) mass is 360 g/mol. The minimum Gasteiger partial charge on any atom is -0.258 e. The van der Waals surface area contributed by atoms with Crippen LogP contribution in [0.5, 0.6) is 0 Å². The smallest absolute Gasteiger partial charge is 0.258 e. The Bertz CT molecular complexity index is 675. The number of hydrogen-bond acceptors (Lipinski definition) is 5. The van der Waals surface area contributed by atoms with Gasteiger partial charge in [0.2, 0.25) is 0 Å². The molecule has 0 aromatic heterocycles. The van der Waals surface area contributed by atoms with Crippen LogP contribution in [0.25, 0.3) is 0 Å². The largest absolute Gasteiger partial charge is 0.269 e. The van der Waals surface area contributed by atoms with Crippen molar-refractivity contribution in [1.29, 1.82) is 0 Å². The van der Waals surface area contributed by atoms with Crippen LogP contribution in [0.15, 0.2) is 48.5 Å². The fourth-order valence-electron chi connectivity index (χ4n) is 2.51. The maximum atomic E-state index is 10.7. The number of nitro benzene ring substituents is 2. The number of thioether (sulfide) groups is 1. The highest BCUT2D eigenvalue weighted by Gasteiger charge is 2.06. The molecule has 0 aliphatic heterocycles. The summed E-state index contributed by atoms with van der Waals surface area (Å²) >= 11 is 1.84. The molecular formula is C18H20N2O4S. The molecule has 2 rings (SSSR count). The summed E-state index contributed by atoms with van der Waals surface area (Å²) < 4.78 is 0. The van der Waals surface area contributed by atoms with Gasteiger partial charge < -0.3 is 0 Å². The van der Waals surface area contributed by atoms with Crippen molar-refractivity contribution in [2.45, 2.75) is 25.7 Å². The summed E-state index contributed by atoms with van der Waals surface area (Å²) in [6, 6.07) is 13.6. The van der Waals surface area contributed by atoms with Gasteiger partial charge in [-0.1, -0.05) is 24.3 Å². The molecule has 0 heterocycles. The van der Waals surface area contributed by atoms with Crippen LogP contribution < -0.4 is 0 Å². The van der Waals surface area contributed by atoms with Crippen molar-refractivity contribution < 1.29 is 9.85 Å². The van der Waals surface area contributed by atoms with E-state index in [1.54, 1.807) is 24.3 Å². The summed E-state index contributed by atoms with van der Waals surface area (Å²) in [5.41, 5.74) is 2.27. The van der Waals surface area contributed by atoms with Crippen molar-refractivity contribution in [2.24, 2.45) is 0 Å². The standard InChI is InChI=1S/C18H20N2O4S/c21-19(22)17-9-1-5-15(13-17)7-3-11-25-12-4-8-16-6-2-10-18(14-16)20(23)24/h1-2,5-6,9-10,13-14H,3-4,7-8,11-12H2. The van der Waals surface area contributed by atoms with E-state index in [2.05, 4.69) is 0 Å². The molecule has 0 bridgehead atoms. The van der Waals surface area contributed by atoms with Crippen LogP contribution in [0.1, 0.15) is 24.0 Å². The second kappa shape index (κ2) is 9.78. The topological polar surface area (TPSA) is 86.3 Å². The average Bonchev–Trinajstić information content (AvgIpc) is 2.61. The van der Waals surface area contributed by atoms with Gasteiger partial charge in [0.05, 0.1) is 9.85 Å². The highest BCUT2D eigenvalue weighted by atomic mass is 32.2. The molecule has 25 heavy (non-hydrogen) atoms. The van der Waals surface area contributed by atoms with E-state index in [4.69, 9.17) is 0 Å². The number of nitrogens with zero attached hydrogens (tertiary/aromatic N) is 2. The molecule has 0 aliphatic carbocycles.